The van der Waals surface area contributed by atoms with E-state index in [9.17, 15) is 4.79 Å². The van der Waals surface area contributed by atoms with Crippen molar-refractivity contribution < 1.29 is 9.53 Å². The van der Waals surface area contributed by atoms with E-state index in [2.05, 4.69) is 4.90 Å². The molecule has 0 saturated carbocycles. The Bertz CT molecular complexity index is 1380. The fourth-order valence-corrected chi connectivity index (χ4v) is 4.64. The van der Waals surface area contributed by atoms with Gasteiger partial charge in [-0.05, 0) is 43.3 Å². The first kappa shape index (κ1) is 23.1. The van der Waals surface area contributed by atoms with Crippen LogP contribution in [0.1, 0.15) is 28.8 Å². The van der Waals surface area contributed by atoms with E-state index in [1.54, 1.807) is 11.8 Å². The molecule has 0 atom stereocenters. The van der Waals surface area contributed by atoms with Crippen LogP contribution < -0.4 is 9.64 Å². The molecule has 9 heteroatoms. The second-order valence-electron chi connectivity index (χ2n) is 8.47. The van der Waals surface area contributed by atoms with Crippen molar-refractivity contribution in [3.05, 3.63) is 70.6 Å². The van der Waals surface area contributed by atoms with Crippen LogP contribution in [0.5, 0.6) is 5.75 Å². The average Bonchev–Trinajstić information content (AvgIpc) is 3.24. The lowest BCUT2D eigenvalue weighted by molar-refractivity contribution is 0.0746. The van der Waals surface area contributed by atoms with E-state index in [0.29, 0.717) is 43.2 Å². The van der Waals surface area contributed by atoms with Gasteiger partial charge in [0.25, 0.3) is 5.91 Å². The third-order valence-corrected chi connectivity index (χ3v) is 6.65. The number of hydrogen-bond acceptors (Lipinski definition) is 6. The molecule has 180 valence electrons. The molecule has 1 fully saturated rings. The number of anilines is 1. The second-order valence-corrected chi connectivity index (χ2v) is 8.88. The Hall–Kier alpha value is -3.65. The number of benzene rings is 2. The molecule has 4 aromatic rings. The fraction of sp³-hybridized carbons (Fsp3) is 0.308. The Morgan fingerprint density at radius 2 is 1.74 bits per heavy atom. The predicted molar refractivity (Wildman–Crippen MR) is 137 cm³/mol. The van der Waals surface area contributed by atoms with E-state index >= 15 is 0 Å². The summed E-state index contributed by atoms with van der Waals surface area (Å²) >= 11 is 6.48. The van der Waals surface area contributed by atoms with Crippen molar-refractivity contribution >= 4 is 34.4 Å². The Morgan fingerprint density at radius 3 is 2.40 bits per heavy atom. The lowest BCUT2D eigenvalue weighted by Gasteiger charge is -2.35. The molecule has 0 aliphatic carbocycles. The summed E-state index contributed by atoms with van der Waals surface area (Å²) in [6, 6.07) is 14.9. The van der Waals surface area contributed by atoms with Gasteiger partial charge in [-0.3, -0.25) is 4.79 Å². The molecule has 1 saturated heterocycles. The molecular weight excluding hydrogens is 464 g/mol. The first-order valence-corrected chi connectivity index (χ1v) is 12.1. The van der Waals surface area contributed by atoms with Gasteiger partial charge in [0.1, 0.15) is 17.4 Å². The monoisotopic (exact) mass is 490 g/mol. The molecule has 2 aromatic heterocycles. The number of ether oxygens (including phenoxy) is 1. The Morgan fingerprint density at radius 1 is 1.03 bits per heavy atom. The molecular formula is C26H27ClN6O2. The lowest BCUT2D eigenvalue weighted by atomic mass is 10.1. The topological polar surface area (TPSA) is 76.4 Å². The number of amides is 1. The van der Waals surface area contributed by atoms with E-state index in [1.165, 1.54) is 0 Å². The number of fused-ring (bicyclic) bond motifs is 1. The van der Waals surface area contributed by atoms with Crippen molar-refractivity contribution in [2.45, 2.75) is 20.3 Å². The van der Waals surface area contributed by atoms with Crippen LogP contribution in [-0.4, -0.2) is 63.8 Å². The second kappa shape index (κ2) is 9.54. The minimum absolute atomic E-state index is 0.0251. The highest BCUT2D eigenvalue weighted by molar-refractivity contribution is 6.32. The van der Waals surface area contributed by atoms with Crippen molar-refractivity contribution in [3.8, 4) is 11.4 Å². The van der Waals surface area contributed by atoms with Gasteiger partial charge in [-0.25, -0.2) is 14.6 Å². The molecule has 0 spiro atoms. The van der Waals surface area contributed by atoms with Crippen molar-refractivity contribution in [2.24, 2.45) is 0 Å². The Balaban J connectivity index is 1.44. The summed E-state index contributed by atoms with van der Waals surface area (Å²) in [6.45, 7) is 6.57. The molecule has 8 nitrogen and oxygen atoms in total. The zero-order valence-electron chi connectivity index (χ0n) is 20.0. The van der Waals surface area contributed by atoms with Crippen LogP contribution in [0.3, 0.4) is 0 Å². The third kappa shape index (κ3) is 4.30. The predicted octanol–water partition coefficient (Wildman–Crippen LogP) is 4.31. The number of halogens is 1. The number of para-hydroxylation sites is 1. The molecule has 35 heavy (non-hydrogen) atoms. The summed E-state index contributed by atoms with van der Waals surface area (Å²) in [5.41, 5.74) is 3.03. The average molecular weight is 491 g/mol. The normalized spacial score (nSPS) is 13.9. The van der Waals surface area contributed by atoms with Gasteiger partial charge in [0.2, 0.25) is 0 Å². The largest absolute Gasteiger partial charge is 0.497 e. The Kier molecular flexibility index (Phi) is 6.30. The number of carbonyl (C=O) groups excluding carboxylic acids is 1. The lowest BCUT2D eigenvalue weighted by Crippen LogP contribution is -2.49. The van der Waals surface area contributed by atoms with Crippen LogP contribution in [0.25, 0.3) is 16.7 Å². The van der Waals surface area contributed by atoms with E-state index in [4.69, 9.17) is 31.4 Å². The minimum atomic E-state index is 0.0251. The summed E-state index contributed by atoms with van der Waals surface area (Å²) in [5.74, 6) is 2.37. The van der Waals surface area contributed by atoms with Crippen LogP contribution in [0.2, 0.25) is 5.02 Å². The molecule has 0 N–H and O–H groups in total. The van der Waals surface area contributed by atoms with Gasteiger partial charge < -0.3 is 14.5 Å². The van der Waals surface area contributed by atoms with Crippen molar-refractivity contribution in [3.63, 3.8) is 0 Å². The van der Waals surface area contributed by atoms with Crippen LogP contribution in [0, 0.1) is 6.92 Å². The van der Waals surface area contributed by atoms with E-state index in [1.807, 2.05) is 67.3 Å². The molecule has 0 radical (unpaired) electrons. The van der Waals surface area contributed by atoms with E-state index in [0.717, 1.165) is 39.8 Å². The molecule has 5 rings (SSSR count). The maximum Gasteiger partial charge on any atom is 0.253 e. The van der Waals surface area contributed by atoms with Gasteiger partial charge in [-0.2, -0.15) is 5.10 Å². The minimum Gasteiger partial charge on any atom is -0.497 e. The molecule has 1 aliphatic heterocycles. The SMILES string of the molecule is CCc1nc(N2CCN(C(=O)c3ccc(OC)cc3)CC2)c2c(C)nn(-c3ccccc3Cl)c2n1. The van der Waals surface area contributed by atoms with Gasteiger partial charge in [-0.1, -0.05) is 30.7 Å². The highest BCUT2D eigenvalue weighted by Crippen LogP contribution is 2.31. The van der Waals surface area contributed by atoms with Crippen molar-refractivity contribution in [2.75, 3.05) is 38.2 Å². The van der Waals surface area contributed by atoms with Crippen LogP contribution in [0.4, 0.5) is 5.82 Å². The third-order valence-electron chi connectivity index (χ3n) is 6.33. The van der Waals surface area contributed by atoms with Crippen molar-refractivity contribution in [1.29, 1.82) is 0 Å². The molecule has 1 amide bonds. The summed E-state index contributed by atoms with van der Waals surface area (Å²) < 4.78 is 7.01. The number of methoxy groups -OCH3 is 1. The first-order chi connectivity index (χ1) is 17.0. The van der Waals surface area contributed by atoms with Gasteiger partial charge in [0.15, 0.2) is 5.65 Å². The van der Waals surface area contributed by atoms with Crippen LogP contribution in [0.15, 0.2) is 48.5 Å². The smallest absolute Gasteiger partial charge is 0.253 e. The number of aromatic nitrogens is 4. The quantitative estimate of drug-likeness (QED) is 0.415. The van der Waals surface area contributed by atoms with Gasteiger partial charge in [0, 0.05) is 38.2 Å². The van der Waals surface area contributed by atoms with Gasteiger partial charge in [0.05, 0.1) is 28.9 Å². The molecule has 0 bridgehead atoms. The summed E-state index contributed by atoms with van der Waals surface area (Å²) in [6.07, 6.45) is 0.700. The summed E-state index contributed by atoms with van der Waals surface area (Å²) in [7, 11) is 1.62. The van der Waals surface area contributed by atoms with Crippen LogP contribution >= 0.6 is 11.6 Å². The molecule has 3 heterocycles. The number of nitrogens with zero attached hydrogens (tertiary/aromatic N) is 6. The number of carbonyl (C=O) groups is 1. The van der Waals surface area contributed by atoms with E-state index < -0.39 is 0 Å². The fourth-order valence-electron chi connectivity index (χ4n) is 4.42. The summed E-state index contributed by atoms with van der Waals surface area (Å²) in [5, 5.41) is 6.30. The zero-order valence-corrected chi connectivity index (χ0v) is 20.8. The molecule has 0 unspecified atom stereocenters. The number of piperazine rings is 1. The maximum absolute atomic E-state index is 13.0. The molecule has 1 aliphatic rings. The standard InChI is InChI=1S/C26H27ClN6O2/c1-4-22-28-24(23-17(2)30-33(25(23)29-22)21-8-6-5-7-20(21)27)31-13-15-32(16-14-31)26(34)18-9-11-19(35-3)12-10-18/h5-12H,4,13-16H2,1-3H3. The highest BCUT2D eigenvalue weighted by atomic mass is 35.5. The number of hydrogen-bond donors (Lipinski definition) is 0. The first-order valence-electron chi connectivity index (χ1n) is 11.7. The van der Waals surface area contributed by atoms with Crippen molar-refractivity contribution in [1.82, 2.24) is 24.6 Å². The van der Waals surface area contributed by atoms with Gasteiger partial charge >= 0.3 is 0 Å². The van der Waals surface area contributed by atoms with Crippen LogP contribution in [-0.2, 0) is 6.42 Å². The van der Waals surface area contributed by atoms with Gasteiger partial charge in [-0.15, -0.1) is 0 Å². The maximum atomic E-state index is 13.0. The zero-order chi connectivity index (χ0) is 24.5. The van der Waals surface area contributed by atoms with E-state index in [-0.39, 0.29) is 5.91 Å². The highest BCUT2D eigenvalue weighted by Gasteiger charge is 2.27. The summed E-state index contributed by atoms with van der Waals surface area (Å²) in [4.78, 5) is 26.8. The Labute approximate surface area is 209 Å². The number of rotatable bonds is 5. The number of aryl methyl sites for hydroxylation is 2. The molecule has 2 aromatic carbocycles.